The molecule has 1 rings (SSSR count). The van der Waals surface area contributed by atoms with E-state index in [1.807, 2.05) is 0 Å². The standard InChI is InChI=1S/C13H18O4S/c1-5-11-6-8-12(9-7-11)18(15,16)17-10(2)13(3,4)14/h5-10,14H,1H2,2-4H3. The van der Waals surface area contributed by atoms with Crippen LogP contribution in [0.1, 0.15) is 26.3 Å². The molecule has 0 fully saturated rings. The Morgan fingerprint density at radius 3 is 2.22 bits per heavy atom. The summed E-state index contributed by atoms with van der Waals surface area (Å²) >= 11 is 0. The molecule has 1 atom stereocenters. The molecule has 18 heavy (non-hydrogen) atoms. The van der Waals surface area contributed by atoms with Crippen LogP contribution in [0.3, 0.4) is 0 Å². The maximum Gasteiger partial charge on any atom is 0.297 e. The normalized spacial score (nSPS) is 14.2. The van der Waals surface area contributed by atoms with Gasteiger partial charge in [-0.2, -0.15) is 8.42 Å². The van der Waals surface area contributed by atoms with E-state index in [-0.39, 0.29) is 4.90 Å². The predicted molar refractivity (Wildman–Crippen MR) is 70.6 cm³/mol. The average molecular weight is 270 g/mol. The van der Waals surface area contributed by atoms with Gasteiger partial charge in [-0.3, -0.25) is 4.18 Å². The summed E-state index contributed by atoms with van der Waals surface area (Å²) in [6.45, 7) is 8.09. The molecule has 1 aromatic carbocycles. The van der Waals surface area contributed by atoms with Crippen LogP contribution in [-0.2, 0) is 14.3 Å². The minimum Gasteiger partial charge on any atom is -0.388 e. The van der Waals surface area contributed by atoms with Gasteiger partial charge in [-0.25, -0.2) is 0 Å². The third-order valence-corrected chi connectivity index (χ3v) is 4.06. The monoisotopic (exact) mass is 270 g/mol. The van der Waals surface area contributed by atoms with Gasteiger partial charge in [0.25, 0.3) is 10.1 Å². The van der Waals surface area contributed by atoms with Crippen molar-refractivity contribution in [1.82, 2.24) is 0 Å². The highest BCUT2D eigenvalue weighted by Gasteiger charge is 2.29. The second-order valence-corrected chi connectivity index (χ2v) is 6.19. The number of hydrogen-bond donors (Lipinski definition) is 1. The minimum atomic E-state index is -3.86. The first-order valence-corrected chi connectivity index (χ1v) is 6.96. The molecule has 0 spiro atoms. The largest absolute Gasteiger partial charge is 0.388 e. The van der Waals surface area contributed by atoms with Gasteiger partial charge in [-0.05, 0) is 38.5 Å². The third-order valence-electron chi connectivity index (χ3n) is 2.67. The second kappa shape index (κ2) is 5.22. The number of hydrogen-bond acceptors (Lipinski definition) is 4. The van der Waals surface area contributed by atoms with Crippen LogP contribution in [0.2, 0.25) is 0 Å². The first-order chi connectivity index (χ1) is 8.16. The summed E-state index contributed by atoms with van der Waals surface area (Å²) in [6.07, 6.45) is 0.790. The van der Waals surface area contributed by atoms with E-state index < -0.39 is 21.8 Å². The molecular weight excluding hydrogens is 252 g/mol. The first-order valence-electron chi connectivity index (χ1n) is 5.55. The quantitative estimate of drug-likeness (QED) is 0.833. The molecule has 1 aromatic rings. The zero-order valence-corrected chi connectivity index (χ0v) is 11.6. The highest BCUT2D eigenvalue weighted by Crippen LogP contribution is 2.20. The molecule has 0 radical (unpaired) electrons. The van der Waals surface area contributed by atoms with Crippen molar-refractivity contribution in [3.63, 3.8) is 0 Å². The second-order valence-electron chi connectivity index (χ2n) is 4.62. The van der Waals surface area contributed by atoms with Crippen molar-refractivity contribution < 1.29 is 17.7 Å². The van der Waals surface area contributed by atoms with Crippen molar-refractivity contribution in [1.29, 1.82) is 0 Å². The summed E-state index contributed by atoms with van der Waals surface area (Å²) in [6, 6.07) is 6.17. The van der Waals surface area contributed by atoms with Crippen molar-refractivity contribution in [2.24, 2.45) is 0 Å². The van der Waals surface area contributed by atoms with Crippen LogP contribution in [-0.4, -0.2) is 25.2 Å². The lowest BCUT2D eigenvalue weighted by Crippen LogP contribution is -2.37. The first kappa shape index (κ1) is 14.9. The molecular formula is C13H18O4S. The van der Waals surface area contributed by atoms with Gasteiger partial charge in [0, 0.05) is 0 Å². The number of rotatable bonds is 5. The van der Waals surface area contributed by atoms with Crippen molar-refractivity contribution in [3.8, 4) is 0 Å². The fourth-order valence-electron chi connectivity index (χ4n) is 1.13. The van der Waals surface area contributed by atoms with Crippen molar-refractivity contribution in [3.05, 3.63) is 36.4 Å². The van der Waals surface area contributed by atoms with E-state index in [0.29, 0.717) is 0 Å². The zero-order chi connectivity index (χ0) is 14.0. The molecule has 0 amide bonds. The Kier molecular flexibility index (Phi) is 4.32. The van der Waals surface area contributed by atoms with E-state index >= 15 is 0 Å². The molecule has 100 valence electrons. The minimum absolute atomic E-state index is 0.0594. The fourth-order valence-corrected chi connectivity index (χ4v) is 2.33. The Morgan fingerprint density at radius 2 is 1.83 bits per heavy atom. The summed E-state index contributed by atoms with van der Waals surface area (Å²) in [5.74, 6) is 0. The van der Waals surface area contributed by atoms with Gasteiger partial charge >= 0.3 is 0 Å². The van der Waals surface area contributed by atoms with E-state index in [2.05, 4.69) is 6.58 Å². The van der Waals surface area contributed by atoms with Crippen LogP contribution in [0.25, 0.3) is 6.08 Å². The van der Waals surface area contributed by atoms with E-state index in [1.165, 1.54) is 32.9 Å². The van der Waals surface area contributed by atoms with Crippen LogP contribution < -0.4 is 0 Å². The van der Waals surface area contributed by atoms with Gasteiger partial charge < -0.3 is 5.11 Å². The Labute approximate surface area is 108 Å². The zero-order valence-electron chi connectivity index (χ0n) is 10.8. The lowest BCUT2D eigenvalue weighted by molar-refractivity contribution is -0.0213. The van der Waals surface area contributed by atoms with Gasteiger partial charge in [-0.1, -0.05) is 24.8 Å². The molecule has 0 aliphatic carbocycles. The van der Waals surface area contributed by atoms with Crippen molar-refractivity contribution in [2.45, 2.75) is 37.4 Å². The van der Waals surface area contributed by atoms with Gasteiger partial charge in [0.1, 0.15) is 6.10 Å². The number of benzene rings is 1. The fraction of sp³-hybridized carbons (Fsp3) is 0.385. The molecule has 0 saturated heterocycles. The van der Waals surface area contributed by atoms with Gasteiger partial charge in [0.15, 0.2) is 0 Å². The molecule has 1 N–H and O–H groups in total. The molecule has 1 unspecified atom stereocenters. The van der Waals surface area contributed by atoms with E-state index in [1.54, 1.807) is 18.2 Å². The molecule has 4 nitrogen and oxygen atoms in total. The van der Waals surface area contributed by atoms with Gasteiger partial charge in [-0.15, -0.1) is 0 Å². The average Bonchev–Trinajstić information content (AvgIpc) is 2.27. The summed E-state index contributed by atoms with van der Waals surface area (Å²) in [7, 11) is -3.86. The highest BCUT2D eigenvalue weighted by molar-refractivity contribution is 7.86. The number of aliphatic hydroxyl groups is 1. The molecule has 0 aliphatic rings. The van der Waals surface area contributed by atoms with Crippen LogP contribution in [0, 0.1) is 0 Å². The third kappa shape index (κ3) is 3.66. The van der Waals surface area contributed by atoms with Crippen LogP contribution in [0.15, 0.2) is 35.7 Å². The van der Waals surface area contributed by atoms with Crippen molar-refractivity contribution in [2.75, 3.05) is 0 Å². The molecule has 0 saturated carbocycles. The molecule has 0 aromatic heterocycles. The van der Waals surface area contributed by atoms with Gasteiger partial charge in [0.05, 0.1) is 10.5 Å². The predicted octanol–water partition coefficient (Wildman–Crippen LogP) is 2.19. The van der Waals surface area contributed by atoms with Gasteiger partial charge in [0.2, 0.25) is 0 Å². The molecule has 0 bridgehead atoms. The topological polar surface area (TPSA) is 63.6 Å². The van der Waals surface area contributed by atoms with Crippen molar-refractivity contribution >= 4 is 16.2 Å². The summed E-state index contributed by atoms with van der Waals surface area (Å²) in [5, 5.41) is 9.68. The van der Waals surface area contributed by atoms with E-state index in [0.717, 1.165) is 5.56 Å². The lowest BCUT2D eigenvalue weighted by atomic mass is 10.0. The Morgan fingerprint density at radius 1 is 1.33 bits per heavy atom. The van der Waals surface area contributed by atoms with Crippen LogP contribution >= 0.6 is 0 Å². The highest BCUT2D eigenvalue weighted by atomic mass is 32.2. The molecule has 0 aliphatic heterocycles. The lowest BCUT2D eigenvalue weighted by Gasteiger charge is -2.25. The Balaban J connectivity index is 2.96. The molecule has 5 heteroatoms. The Hall–Kier alpha value is -1.17. The van der Waals surface area contributed by atoms with Crippen LogP contribution in [0.4, 0.5) is 0 Å². The van der Waals surface area contributed by atoms with Crippen LogP contribution in [0.5, 0.6) is 0 Å². The van der Waals surface area contributed by atoms with E-state index in [9.17, 15) is 13.5 Å². The summed E-state index contributed by atoms with van der Waals surface area (Å²) < 4.78 is 28.8. The summed E-state index contributed by atoms with van der Waals surface area (Å²) in [4.78, 5) is 0.0594. The SMILES string of the molecule is C=Cc1ccc(S(=O)(=O)OC(C)C(C)(C)O)cc1. The maximum absolute atomic E-state index is 11.9. The molecule has 0 heterocycles. The Bertz CT molecular complexity index is 509. The maximum atomic E-state index is 11.9. The smallest absolute Gasteiger partial charge is 0.297 e. The van der Waals surface area contributed by atoms with E-state index in [4.69, 9.17) is 4.18 Å². The summed E-state index contributed by atoms with van der Waals surface area (Å²) in [5.41, 5.74) is -0.404.